The molecule has 0 spiro atoms. The second-order valence-corrected chi connectivity index (χ2v) is 18.5. The summed E-state index contributed by atoms with van der Waals surface area (Å²) in [4.78, 5) is 37.8. The molecule has 6 heteroatoms. The van der Waals surface area contributed by atoms with Gasteiger partial charge < -0.3 is 14.2 Å². The Labute approximate surface area is 348 Å². The maximum absolute atomic E-state index is 12.7. The molecule has 6 nitrogen and oxygen atoms in total. The number of hydrogen-bond acceptors (Lipinski definition) is 6. The molecule has 0 aliphatic rings. The fourth-order valence-electron chi connectivity index (χ4n) is 7.41. The monoisotopic (exact) mass is 793 g/mol. The molecule has 0 aliphatic carbocycles. The fraction of sp³-hybridized carbons (Fsp3) is 0.940. The lowest BCUT2D eigenvalue weighted by atomic mass is 10.0. The topological polar surface area (TPSA) is 78.9 Å². The third kappa shape index (κ3) is 43.5. The number of ether oxygens (including phenoxy) is 3. The summed E-state index contributed by atoms with van der Waals surface area (Å²) in [5, 5.41) is 0. The molecule has 0 heterocycles. The van der Waals surface area contributed by atoms with E-state index in [2.05, 4.69) is 41.5 Å². The van der Waals surface area contributed by atoms with E-state index in [4.69, 9.17) is 14.2 Å². The maximum Gasteiger partial charge on any atom is 0.306 e. The van der Waals surface area contributed by atoms with Crippen LogP contribution >= 0.6 is 0 Å². The highest BCUT2D eigenvalue weighted by atomic mass is 16.6. The van der Waals surface area contributed by atoms with Gasteiger partial charge >= 0.3 is 17.9 Å². The molecule has 0 amide bonds. The lowest BCUT2D eigenvalue weighted by Gasteiger charge is -2.18. The number of carbonyl (C=O) groups excluding carboxylic acids is 3. The molecule has 332 valence electrons. The van der Waals surface area contributed by atoms with Crippen molar-refractivity contribution < 1.29 is 28.6 Å². The van der Waals surface area contributed by atoms with Crippen molar-refractivity contribution in [2.75, 3.05) is 13.2 Å². The molecule has 1 atom stereocenters. The molecule has 0 radical (unpaired) electrons. The van der Waals surface area contributed by atoms with Gasteiger partial charge in [-0.05, 0) is 37.0 Å². The molecule has 0 saturated heterocycles. The molecule has 0 bridgehead atoms. The zero-order valence-electron chi connectivity index (χ0n) is 38.4. The van der Waals surface area contributed by atoms with Gasteiger partial charge in [-0.3, -0.25) is 14.4 Å². The first-order valence-corrected chi connectivity index (χ1v) is 24.6. The standard InChI is InChI=1S/C50H96O6/c1-44(2)36-30-24-18-13-9-7-8-10-15-21-27-33-39-48(51)54-42-47(43-55-49(52)40-34-28-23-17-20-26-32-38-46(5)6)56-50(53)41-35-29-22-16-12-11-14-19-25-31-37-45(3)4/h44-47H,7-43H2,1-6H3/t47-/m0/s1. The zero-order chi connectivity index (χ0) is 41.3. The first-order valence-electron chi connectivity index (χ1n) is 24.6. The lowest BCUT2D eigenvalue weighted by Crippen LogP contribution is -2.30. The van der Waals surface area contributed by atoms with Crippen molar-refractivity contribution >= 4 is 17.9 Å². The van der Waals surface area contributed by atoms with Crippen LogP contribution in [-0.4, -0.2) is 37.2 Å². The van der Waals surface area contributed by atoms with E-state index >= 15 is 0 Å². The van der Waals surface area contributed by atoms with Gasteiger partial charge in [0.05, 0.1) is 0 Å². The largest absolute Gasteiger partial charge is 0.462 e. The molecular formula is C50H96O6. The van der Waals surface area contributed by atoms with Crippen LogP contribution in [0.15, 0.2) is 0 Å². The summed E-state index contributed by atoms with van der Waals surface area (Å²) >= 11 is 0. The Morgan fingerprint density at radius 1 is 0.304 bits per heavy atom. The van der Waals surface area contributed by atoms with Crippen molar-refractivity contribution in [2.24, 2.45) is 17.8 Å². The zero-order valence-corrected chi connectivity index (χ0v) is 38.4. The van der Waals surface area contributed by atoms with Gasteiger partial charge in [0.15, 0.2) is 6.10 Å². The molecule has 0 unspecified atom stereocenters. The van der Waals surface area contributed by atoms with Crippen molar-refractivity contribution in [3.63, 3.8) is 0 Å². The van der Waals surface area contributed by atoms with E-state index < -0.39 is 6.10 Å². The van der Waals surface area contributed by atoms with Gasteiger partial charge in [-0.25, -0.2) is 0 Å². The molecule has 0 aliphatic heterocycles. The summed E-state index contributed by atoms with van der Waals surface area (Å²) in [7, 11) is 0. The summed E-state index contributed by atoms with van der Waals surface area (Å²) in [6, 6.07) is 0. The van der Waals surface area contributed by atoms with Gasteiger partial charge in [0.25, 0.3) is 0 Å². The van der Waals surface area contributed by atoms with Gasteiger partial charge in [-0.1, -0.05) is 228 Å². The normalized spacial score (nSPS) is 12.2. The molecule has 0 aromatic carbocycles. The highest BCUT2D eigenvalue weighted by Crippen LogP contribution is 2.17. The Balaban J connectivity index is 4.31. The first kappa shape index (κ1) is 54.4. The number of esters is 3. The minimum atomic E-state index is -0.762. The lowest BCUT2D eigenvalue weighted by molar-refractivity contribution is -0.167. The molecule has 0 aromatic rings. The second-order valence-electron chi connectivity index (χ2n) is 18.5. The molecule has 0 N–H and O–H groups in total. The van der Waals surface area contributed by atoms with E-state index in [1.807, 2.05) is 0 Å². The van der Waals surface area contributed by atoms with Crippen LogP contribution in [0, 0.1) is 17.8 Å². The number of rotatable bonds is 43. The van der Waals surface area contributed by atoms with Crippen molar-refractivity contribution in [1.82, 2.24) is 0 Å². The summed E-state index contributed by atoms with van der Waals surface area (Å²) < 4.78 is 16.8. The van der Waals surface area contributed by atoms with Gasteiger partial charge in [0, 0.05) is 19.3 Å². The summed E-state index contributed by atoms with van der Waals surface area (Å²) in [6.45, 7) is 13.6. The van der Waals surface area contributed by atoms with Crippen molar-refractivity contribution in [3.8, 4) is 0 Å². The van der Waals surface area contributed by atoms with E-state index in [9.17, 15) is 14.4 Å². The van der Waals surface area contributed by atoms with Crippen LogP contribution in [0.5, 0.6) is 0 Å². The van der Waals surface area contributed by atoms with Gasteiger partial charge in [-0.2, -0.15) is 0 Å². The molecule has 0 rings (SSSR count). The Kier molecular flexibility index (Phi) is 40.4. The van der Waals surface area contributed by atoms with E-state index in [1.54, 1.807) is 0 Å². The van der Waals surface area contributed by atoms with Gasteiger partial charge in [-0.15, -0.1) is 0 Å². The minimum absolute atomic E-state index is 0.0656. The van der Waals surface area contributed by atoms with E-state index in [0.29, 0.717) is 19.3 Å². The first-order chi connectivity index (χ1) is 27.1. The van der Waals surface area contributed by atoms with E-state index in [-0.39, 0.29) is 31.1 Å². The summed E-state index contributed by atoms with van der Waals surface area (Å²) in [5.41, 5.74) is 0. The predicted octanol–water partition coefficient (Wildman–Crippen LogP) is 15.6. The average Bonchev–Trinajstić information content (AvgIpc) is 3.15. The quantitative estimate of drug-likeness (QED) is 0.0348. The van der Waals surface area contributed by atoms with E-state index in [1.165, 1.54) is 148 Å². The smallest absolute Gasteiger partial charge is 0.306 e. The highest BCUT2D eigenvalue weighted by molar-refractivity contribution is 5.71. The van der Waals surface area contributed by atoms with Crippen molar-refractivity contribution in [3.05, 3.63) is 0 Å². The average molecular weight is 793 g/mol. The molecule has 0 fully saturated rings. The molecular weight excluding hydrogens is 697 g/mol. The SMILES string of the molecule is CC(C)CCCCCCCCCCCCCCC(=O)OC[C@@H](COC(=O)CCCCCCCCCC(C)C)OC(=O)CCCCCCCCCCCCC(C)C. The van der Waals surface area contributed by atoms with Crippen LogP contribution in [0.1, 0.15) is 266 Å². The Morgan fingerprint density at radius 2 is 0.518 bits per heavy atom. The Hall–Kier alpha value is -1.59. The van der Waals surface area contributed by atoms with Crippen LogP contribution < -0.4 is 0 Å². The second kappa shape index (κ2) is 41.6. The number of unbranched alkanes of at least 4 members (excludes halogenated alkanes) is 26. The predicted molar refractivity (Wildman–Crippen MR) is 238 cm³/mol. The van der Waals surface area contributed by atoms with E-state index in [0.717, 1.165) is 75.5 Å². The fourth-order valence-corrected chi connectivity index (χ4v) is 7.41. The third-order valence-electron chi connectivity index (χ3n) is 11.1. The maximum atomic E-state index is 12.7. The molecule has 0 saturated carbocycles. The van der Waals surface area contributed by atoms with Crippen molar-refractivity contribution in [2.45, 2.75) is 272 Å². The Bertz CT molecular complexity index is 868. The number of carbonyl (C=O) groups is 3. The summed E-state index contributed by atoms with van der Waals surface area (Å²) in [6.07, 6.45) is 39.5. The highest BCUT2D eigenvalue weighted by Gasteiger charge is 2.19. The summed E-state index contributed by atoms with van der Waals surface area (Å²) in [5.74, 6) is 1.57. The van der Waals surface area contributed by atoms with Gasteiger partial charge in [0.1, 0.15) is 13.2 Å². The third-order valence-corrected chi connectivity index (χ3v) is 11.1. The van der Waals surface area contributed by atoms with Crippen LogP contribution in [0.25, 0.3) is 0 Å². The van der Waals surface area contributed by atoms with Gasteiger partial charge in [0.2, 0.25) is 0 Å². The van der Waals surface area contributed by atoms with Crippen LogP contribution in [0.3, 0.4) is 0 Å². The number of hydrogen-bond donors (Lipinski definition) is 0. The molecule has 0 aromatic heterocycles. The minimum Gasteiger partial charge on any atom is -0.462 e. The molecule has 56 heavy (non-hydrogen) atoms. The van der Waals surface area contributed by atoms with Crippen LogP contribution in [-0.2, 0) is 28.6 Å². The van der Waals surface area contributed by atoms with Crippen molar-refractivity contribution in [1.29, 1.82) is 0 Å². The Morgan fingerprint density at radius 3 is 0.768 bits per heavy atom. The van der Waals surface area contributed by atoms with Crippen LogP contribution in [0.4, 0.5) is 0 Å². The van der Waals surface area contributed by atoms with Crippen LogP contribution in [0.2, 0.25) is 0 Å².